The summed E-state index contributed by atoms with van der Waals surface area (Å²) >= 11 is 2.64. The summed E-state index contributed by atoms with van der Waals surface area (Å²) in [6, 6.07) is 16.8. The van der Waals surface area contributed by atoms with Crippen LogP contribution in [-0.4, -0.2) is 19.0 Å². The predicted molar refractivity (Wildman–Crippen MR) is 110 cm³/mol. The number of nitrogens with one attached hydrogen (secondary N) is 1. The topological polar surface area (TPSA) is 81.4 Å². The number of anilines is 2. The van der Waals surface area contributed by atoms with Crippen molar-refractivity contribution in [3.63, 3.8) is 0 Å². The zero-order valence-corrected chi connectivity index (χ0v) is 16.4. The Balaban J connectivity index is 1.96. The Hall–Kier alpha value is -2.77. The van der Waals surface area contributed by atoms with Crippen LogP contribution in [0.1, 0.15) is 25.6 Å². The molecule has 1 heterocycles. The van der Waals surface area contributed by atoms with Gasteiger partial charge in [0, 0.05) is 10.5 Å². The number of benzene rings is 2. The van der Waals surface area contributed by atoms with Crippen LogP contribution < -0.4 is 11.1 Å². The molecule has 1 amide bonds. The van der Waals surface area contributed by atoms with Crippen LogP contribution in [0.3, 0.4) is 0 Å². The summed E-state index contributed by atoms with van der Waals surface area (Å²) in [5.74, 6) is -0.814. The normalized spacial score (nSPS) is 10.4. The highest BCUT2D eigenvalue weighted by Gasteiger charge is 2.24. The van der Waals surface area contributed by atoms with Crippen molar-refractivity contribution in [2.24, 2.45) is 0 Å². The number of carbonyl (C=O) groups excluding carboxylic acids is 2. The van der Waals surface area contributed by atoms with Crippen molar-refractivity contribution in [3.05, 3.63) is 70.6 Å². The molecule has 0 atom stereocenters. The third-order valence-corrected chi connectivity index (χ3v) is 6.17. The fourth-order valence-electron chi connectivity index (χ4n) is 2.35. The molecule has 5 nitrogen and oxygen atoms in total. The van der Waals surface area contributed by atoms with Gasteiger partial charge in [-0.1, -0.05) is 47.7 Å². The second-order valence-corrected chi connectivity index (χ2v) is 8.10. The third-order valence-electron chi connectivity index (χ3n) is 3.79. The Bertz CT molecular complexity index is 967. The SMILES string of the molecule is COC(=O)c1sc(Sc2ccc(C)cc2)c(NC(=O)c2ccccc2)c1N. The van der Waals surface area contributed by atoms with Gasteiger partial charge < -0.3 is 15.8 Å². The van der Waals surface area contributed by atoms with Crippen molar-refractivity contribution < 1.29 is 14.3 Å². The lowest BCUT2D eigenvalue weighted by molar-refractivity contribution is 0.0607. The summed E-state index contributed by atoms with van der Waals surface area (Å²) in [4.78, 5) is 25.9. The lowest BCUT2D eigenvalue weighted by Crippen LogP contribution is -2.13. The average molecular weight is 399 g/mol. The maximum Gasteiger partial charge on any atom is 0.350 e. The van der Waals surface area contributed by atoms with Gasteiger partial charge in [-0.2, -0.15) is 0 Å². The van der Waals surface area contributed by atoms with Gasteiger partial charge in [-0.3, -0.25) is 4.79 Å². The van der Waals surface area contributed by atoms with Crippen LogP contribution in [0.4, 0.5) is 11.4 Å². The molecule has 2 aromatic carbocycles. The maximum absolute atomic E-state index is 12.6. The number of aryl methyl sites for hydroxylation is 1. The summed E-state index contributed by atoms with van der Waals surface area (Å²) in [6.07, 6.45) is 0. The molecule has 1 aromatic heterocycles. The number of rotatable bonds is 5. The van der Waals surface area contributed by atoms with E-state index in [1.54, 1.807) is 24.3 Å². The zero-order chi connectivity index (χ0) is 19.4. The van der Waals surface area contributed by atoms with Crippen molar-refractivity contribution in [1.29, 1.82) is 0 Å². The molecular formula is C20H18N2O3S2. The Kier molecular flexibility index (Phi) is 5.83. The lowest BCUT2D eigenvalue weighted by Gasteiger charge is -2.08. The minimum atomic E-state index is -0.525. The molecule has 0 aliphatic rings. The van der Waals surface area contributed by atoms with Crippen LogP contribution in [0, 0.1) is 6.92 Å². The predicted octanol–water partition coefficient (Wildman–Crippen LogP) is 4.83. The second kappa shape index (κ2) is 8.28. The molecule has 0 aliphatic carbocycles. The highest BCUT2D eigenvalue weighted by molar-refractivity contribution is 8.01. The first kappa shape index (κ1) is 19.0. The van der Waals surface area contributed by atoms with Crippen LogP contribution >= 0.6 is 23.1 Å². The van der Waals surface area contributed by atoms with E-state index in [0.717, 1.165) is 14.7 Å². The summed E-state index contributed by atoms with van der Waals surface area (Å²) < 4.78 is 5.53. The molecule has 0 saturated carbocycles. The number of amides is 1. The van der Waals surface area contributed by atoms with Crippen molar-refractivity contribution >= 4 is 46.3 Å². The molecule has 0 bridgehead atoms. The molecule has 27 heavy (non-hydrogen) atoms. The minimum absolute atomic E-state index is 0.214. The van der Waals surface area contributed by atoms with Gasteiger partial charge in [0.15, 0.2) is 0 Å². The first-order valence-corrected chi connectivity index (χ1v) is 9.74. The van der Waals surface area contributed by atoms with Gasteiger partial charge in [0.25, 0.3) is 5.91 Å². The average Bonchev–Trinajstić information content (AvgIpc) is 2.99. The van der Waals surface area contributed by atoms with Gasteiger partial charge in [-0.15, -0.1) is 11.3 Å². The van der Waals surface area contributed by atoms with Crippen molar-refractivity contribution in [2.75, 3.05) is 18.2 Å². The van der Waals surface area contributed by atoms with Crippen LogP contribution in [0.2, 0.25) is 0 Å². The molecule has 7 heteroatoms. The number of nitrogen functional groups attached to an aromatic ring is 1. The zero-order valence-electron chi connectivity index (χ0n) is 14.8. The molecule has 0 fully saturated rings. The molecular weight excluding hydrogens is 380 g/mol. The first-order chi connectivity index (χ1) is 13.0. The van der Waals surface area contributed by atoms with Gasteiger partial charge in [-0.05, 0) is 31.2 Å². The Labute approximate surface area is 165 Å². The number of carbonyl (C=O) groups is 2. The number of methoxy groups -OCH3 is 1. The molecule has 3 N–H and O–H groups in total. The molecule has 0 aliphatic heterocycles. The van der Waals surface area contributed by atoms with E-state index in [1.165, 1.54) is 30.2 Å². The van der Waals surface area contributed by atoms with Gasteiger partial charge in [0.1, 0.15) is 4.88 Å². The number of esters is 1. The highest BCUT2D eigenvalue weighted by Crippen LogP contribution is 2.45. The van der Waals surface area contributed by atoms with E-state index in [-0.39, 0.29) is 16.5 Å². The number of ether oxygens (including phenoxy) is 1. The fourth-order valence-corrected chi connectivity index (χ4v) is 4.63. The number of thiophene rings is 1. The summed E-state index contributed by atoms with van der Waals surface area (Å²) in [5.41, 5.74) is 8.47. The van der Waals surface area contributed by atoms with E-state index in [1.807, 2.05) is 37.3 Å². The monoisotopic (exact) mass is 398 g/mol. The van der Waals surface area contributed by atoms with Crippen LogP contribution in [0.15, 0.2) is 63.7 Å². The van der Waals surface area contributed by atoms with E-state index < -0.39 is 5.97 Å². The van der Waals surface area contributed by atoms with E-state index in [0.29, 0.717) is 11.3 Å². The number of nitrogens with two attached hydrogens (primary N) is 1. The molecule has 0 unspecified atom stereocenters. The Morgan fingerprint density at radius 1 is 1.07 bits per heavy atom. The fraction of sp³-hybridized carbons (Fsp3) is 0.100. The summed E-state index contributed by atoms with van der Waals surface area (Å²) in [7, 11) is 1.30. The quantitative estimate of drug-likeness (QED) is 0.602. The summed E-state index contributed by atoms with van der Waals surface area (Å²) in [6.45, 7) is 2.01. The van der Waals surface area contributed by atoms with E-state index in [4.69, 9.17) is 10.5 Å². The molecule has 3 aromatic rings. The largest absolute Gasteiger partial charge is 0.465 e. The second-order valence-electron chi connectivity index (χ2n) is 5.73. The van der Waals surface area contributed by atoms with E-state index in [9.17, 15) is 9.59 Å². The third kappa shape index (κ3) is 4.32. The van der Waals surface area contributed by atoms with Crippen molar-refractivity contribution in [2.45, 2.75) is 16.0 Å². The van der Waals surface area contributed by atoms with Crippen molar-refractivity contribution in [3.8, 4) is 0 Å². The van der Waals surface area contributed by atoms with Crippen LogP contribution in [0.25, 0.3) is 0 Å². The smallest absolute Gasteiger partial charge is 0.350 e. The molecule has 0 saturated heterocycles. The number of hydrogen-bond acceptors (Lipinski definition) is 6. The number of hydrogen-bond donors (Lipinski definition) is 2. The molecule has 3 rings (SSSR count). The van der Waals surface area contributed by atoms with E-state index >= 15 is 0 Å². The first-order valence-electron chi connectivity index (χ1n) is 8.11. The molecule has 0 spiro atoms. The van der Waals surface area contributed by atoms with Gasteiger partial charge in [0.05, 0.1) is 22.7 Å². The highest BCUT2D eigenvalue weighted by atomic mass is 32.2. The Morgan fingerprint density at radius 3 is 2.37 bits per heavy atom. The van der Waals surface area contributed by atoms with Gasteiger partial charge in [0.2, 0.25) is 0 Å². The minimum Gasteiger partial charge on any atom is -0.465 e. The van der Waals surface area contributed by atoms with E-state index in [2.05, 4.69) is 5.32 Å². The lowest BCUT2D eigenvalue weighted by atomic mass is 10.2. The summed E-state index contributed by atoms with van der Waals surface area (Å²) in [5, 5.41) is 2.84. The van der Waals surface area contributed by atoms with Gasteiger partial charge in [-0.25, -0.2) is 4.79 Å². The van der Waals surface area contributed by atoms with Crippen LogP contribution in [0.5, 0.6) is 0 Å². The molecule has 138 valence electrons. The van der Waals surface area contributed by atoms with Gasteiger partial charge >= 0.3 is 5.97 Å². The standard InChI is InChI=1S/C20H18N2O3S2/c1-12-8-10-14(11-9-12)26-20-16(15(21)17(27-20)19(24)25-2)22-18(23)13-6-4-3-5-7-13/h3-11H,21H2,1-2H3,(H,22,23). The Morgan fingerprint density at radius 2 is 1.74 bits per heavy atom. The maximum atomic E-state index is 12.6. The molecule has 0 radical (unpaired) electrons. The van der Waals surface area contributed by atoms with Crippen molar-refractivity contribution in [1.82, 2.24) is 0 Å². The van der Waals surface area contributed by atoms with Crippen LogP contribution in [-0.2, 0) is 4.74 Å².